The Bertz CT molecular complexity index is 507. The highest BCUT2D eigenvalue weighted by atomic mass is 32.2. The van der Waals surface area contributed by atoms with E-state index < -0.39 is 10.0 Å². The molecule has 0 fully saturated rings. The van der Waals surface area contributed by atoms with Crippen molar-refractivity contribution in [3.05, 3.63) is 35.4 Å². The maximum absolute atomic E-state index is 11.2. The molecule has 0 heterocycles. The predicted octanol–water partition coefficient (Wildman–Crippen LogP) is 1.47. The van der Waals surface area contributed by atoms with Crippen LogP contribution in [-0.4, -0.2) is 14.7 Å². The Labute approximate surface area is 96.2 Å². The lowest BCUT2D eigenvalue weighted by Gasteiger charge is -2.13. The van der Waals surface area contributed by atoms with Crippen molar-refractivity contribution < 1.29 is 8.42 Å². The van der Waals surface area contributed by atoms with Crippen LogP contribution in [-0.2, 0) is 16.6 Å². The highest BCUT2D eigenvalue weighted by Crippen LogP contribution is 2.24. The van der Waals surface area contributed by atoms with E-state index >= 15 is 0 Å². The van der Waals surface area contributed by atoms with Gasteiger partial charge < -0.3 is 5.73 Å². The van der Waals surface area contributed by atoms with E-state index in [1.165, 1.54) is 0 Å². The molecule has 0 spiro atoms. The first-order chi connectivity index (χ1) is 7.37. The number of hydrogen-bond acceptors (Lipinski definition) is 3. The summed E-state index contributed by atoms with van der Waals surface area (Å²) in [5.41, 5.74) is 8.64. The highest BCUT2D eigenvalue weighted by molar-refractivity contribution is 7.92. The zero-order chi connectivity index (χ0) is 12.3. The summed E-state index contributed by atoms with van der Waals surface area (Å²) in [6, 6.07) is 3.69. The number of nitrogens with one attached hydrogen (secondary N) is 1. The third-order valence-electron chi connectivity index (χ3n) is 2.17. The van der Waals surface area contributed by atoms with Gasteiger partial charge in [-0.3, -0.25) is 4.72 Å². The second-order valence-corrected chi connectivity index (χ2v) is 5.41. The molecule has 1 rings (SSSR count). The van der Waals surface area contributed by atoms with Gasteiger partial charge in [-0.2, -0.15) is 0 Å². The molecule has 0 aliphatic carbocycles. The Kier molecular flexibility index (Phi) is 3.72. The lowest BCUT2D eigenvalue weighted by atomic mass is 10.0. The van der Waals surface area contributed by atoms with Crippen molar-refractivity contribution in [2.45, 2.75) is 13.5 Å². The Hall–Kier alpha value is -1.33. The van der Waals surface area contributed by atoms with Crippen LogP contribution in [0.1, 0.15) is 16.7 Å². The van der Waals surface area contributed by atoms with Crippen molar-refractivity contribution in [1.29, 1.82) is 0 Å². The van der Waals surface area contributed by atoms with E-state index in [0.717, 1.165) is 22.9 Å². The van der Waals surface area contributed by atoms with Gasteiger partial charge in [0.25, 0.3) is 0 Å². The van der Waals surface area contributed by atoms with Gasteiger partial charge in [0.2, 0.25) is 10.0 Å². The maximum Gasteiger partial charge on any atom is 0.229 e. The van der Waals surface area contributed by atoms with Crippen LogP contribution in [0, 0.1) is 6.92 Å². The average molecular weight is 240 g/mol. The van der Waals surface area contributed by atoms with E-state index in [-0.39, 0.29) is 0 Å². The first kappa shape index (κ1) is 12.7. The molecule has 0 saturated heterocycles. The lowest BCUT2D eigenvalue weighted by Crippen LogP contribution is -2.12. The molecular formula is C11H16N2O2S. The highest BCUT2D eigenvalue weighted by Gasteiger charge is 2.09. The Morgan fingerprint density at radius 2 is 2.12 bits per heavy atom. The smallest absolute Gasteiger partial charge is 0.229 e. The van der Waals surface area contributed by atoms with Crippen LogP contribution in [0.25, 0.3) is 6.08 Å². The van der Waals surface area contributed by atoms with Gasteiger partial charge in [0.05, 0.1) is 11.9 Å². The lowest BCUT2D eigenvalue weighted by molar-refractivity contribution is 0.606. The minimum atomic E-state index is -3.28. The van der Waals surface area contributed by atoms with Gasteiger partial charge in [-0.1, -0.05) is 18.7 Å². The molecular weight excluding hydrogens is 224 g/mol. The van der Waals surface area contributed by atoms with Crippen molar-refractivity contribution >= 4 is 21.8 Å². The quantitative estimate of drug-likeness (QED) is 0.837. The van der Waals surface area contributed by atoms with E-state index in [1.54, 1.807) is 6.08 Å². The van der Waals surface area contributed by atoms with E-state index in [1.807, 2.05) is 19.1 Å². The topological polar surface area (TPSA) is 72.2 Å². The minimum Gasteiger partial charge on any atom is -0.326 e. The molecule has 5 heteroatoms. The monoisotopic (exact) mass is 240 g/mol. The van der Waals surface area contributed by atoms with Gasteiger partial charge in [0, 0.05) is 6.54 Å². The molecule has 4 nitrogen and oxygen atoms in total. The molecule has 1 aromatic rings. The Morgan fingerprint density at radius 1 is 1.50 bits per heavy atom. The summed E-state index contributed by atoms with van der Waals surface area (Å²) in [5.74, 6) is 0. The molecule has 0 amide bonds. The molecule has 0 aliphatic heterocycles. The van der Waals surface area contributed by atoms with Crippen molar-refractivity contribution in [1.82, 2.24) is 0 Å². The number of sulfonamides is 1. The van der Waals surface area contributed by atoms with Gasteiger partial charge in [0.1, 0.15) is 0 Å². The van der Waals surface area contributed by atoms with Crippen molar-refractivity contribution in [2.24, 2.45) is 5.73 Å². The van der Waals surface area contributed by atoms with Crippen LogP contribution in [0.15, 0.2) is 18.7 Å². The van der Waals surface area contributed by atoms with E-state index in [2.05, 4.69) is 11.3 Å². The molecule has 16 heavy (non-hydrogen) atoms. The summed E-state index contributed by atoms with van der Waals surface area (Å²) < 4.78 is 24.9. The van der Waals surface area contributed by atoms with Crippen molar-refractivity contribution in [3.63, 3.8) is 0 Å². The summed E-state index contributed by atoms with van der Waals surface area (Å²) in [4.78, 5) is 0. The van der Waals surface area contributed by atoms with E-state index in [4.69, 9.17) is 5.73 Å². The second-order valence-electron chi connectivity index (χ2n) is 3.66. The van der Waals surface area contributed by atoms with Gasteiger partial charge in [-0.05, 0) is 29.7 Å². The van der Waals surface area contributed by atoms with Crippen LogP contribution < -0.4 is 10.5 Å². The summed E-state index contributed by atoms with van der Waals surface area (Å²) in [6.07, 6.45) is 2.73. The molecule has 0 unspecified atom stereocenters. The molecule has 0 aliphatic rings. The van der Waals surface area contributed by atoms with Crippen LogP contribution >= 0.6 is 0 Å². The number of aryl methyl sites for hydroxylation is 1. The fraction of sp³-hybridized carbons (Fsp3) is 0.273. The van der Waals surface area contributed by atoms with E-state index in [0.29, 0.717) is 12.2 Å². The van der Waals surface area contributed by atoms with Crippen LogP contribution in [0.2, 0.25) is 0 Å². The number of rotatable bonds is 4. The summed E-state index contributed by atoms with van der Waals surface area (Å²) in [6.45, 7) is 5.91. The molecule has 0 bridgehead atoms. The van der Waals surface area contributed by atoms with Crippen molar-refractivity contribution in [2.75, 3.05) is 11.0 Å². The number of anilines is 1. The van der Waals surface area contributed by atoms with Crippen molar-refractivity contribution in [3.8, 4) is 0 Å². The largest absolute Gasteiger partial charge is 0.326 e. The standard InChI is InChI=1S/C11H16N2O2S/c1-4-10-6-9(7-12)5-8(2)11(10)13-16(3,14)15/h4-6,13H,1,7,12H2,2-3H3. The molecule has 1 aromatic carbocycles. The fourth-order valence-corrected chi connectivity index (χ4v) is 2.14. The predicted molar refractivity (Wildman–Crippen MR) is 67.6 cm³/mol. The molecule has 0 aromatic heterocycles. The Balaban J connectivity index is 3.32. The summed E-state index contributed by atoms with van der Waals surface area (Å²) >= 11 is 0. The molecule has 0 radical (unpaired) electrons. The van der Waals surface area contributed by atoms with E-state index in [9.17, 15) is 8.42 Å². The molecule has 88 valence electrons. The van der Waals surface area contributed by atoms with Gasteiger partial charge in [0.15, 0.2) is 0 Å². The average Bonchev–Trinajstić information content (AvgIpc) is 2.19. The first-order valence-corrected chi connectivity index (χ1v) is 6.70. The summed E-state index contributed by atoms with van der Waals surface area (Å²) in [5, 5.41) is 0. The van der Waals surface area contributed by atoms with Crippen LogP contribution in [0.3, 0.4) is 0 Å². The first-order valence-electron chi connectivity index (χ1n) is 4.81. The van der Waals surface area contributed by atoms with Gasteiger partial charge >= 0.3 is 0 Å². The maximum atomic E-state index is 11.2. The zero-order valence-corrected chi connectivity index (χ0v) is 10.3. The summed E-state index contributed by atoms with van der Waals surface area (Å²) in [7, 11) is -3.28. The Morgan fingerprint density at radius 3 is 2.56 bits per heavy atom. The van der Waals surface area contributed by atoms with Crippen LogP contribution in [0.4, 0.5) is 5.69 Å². The number of benzene rings is 1. The number of hydrogen-bond donors (Lipinski definition) is 2. The van der Waals surface area contributed by atoms with Gasteiger partial charge in [-0.15, -0.1) is 0 Å². The molecule has 0 atom stereocenters. The number of nitrogens with two attached hydrogens (primary N) is 1. The second kappa shape index (κ2) is 4.67. The molecule has 0 saturated carbocycles. The minimum absolute atomic E-state index is 0.417. The molecule has 3 N–H and O–H groups in total. The zero-order valence-electron chi connectivity index (χ0n) is 9.45. The SMILES string of the molecule is C=Cc1cc(CN)cc(C)c1NS(C)(=O)=O. The third kappa shape index (κ3) is 3.08. The van der Waals surface area contributed by atoms with Gasteiger partial charge in [-0.25, -0.2) is 8.42 Å². The van der Waals surface area contributed by atoms with Crippen LogP contribution in [0.5, 0.6) is 0 Å². The third-order valence-corrected chi connectivity index (χ3v) is 2.74. The normalized spacial score (nSPS) is 11.2. The fourth-order valence-electron chi connectivity index (χ4n) is 1.50.